The maximum absolute atomic E-state index is 8.92. The molecule has 0 bridgehead atoms. The van der Waals surface area contributed by atoms with Crippen LogP contribution in [0.15, 0.2) is 24.3 Å². The Bertz CT molecular complexity index is 386. The van der Waals surface area contributed by atoms with Crippen LogP contribution >= 0.6 is 0 Å². The van der Waals surface area contributed by atoms with E-state index in [2.05, 4.69) is 43.4 Å². The lowest BCUT2D eigenvalue weighted by Gasteiger charge is -2.27. The molecule has 0 aromatic heterocycles. The van der Waals surface area contributed by atoms with E-state index >= 15 is 0 Å². The number of aliphatic hydroxyl groups excluding tert-OH is 1. The van der Waals surface area contributed by atoms with E-state index < -0.39 is 0 Å². The smallest absolute Gasteiger partial charge is 0.0431 e. The van der Waals surface area contributed by atoms with Crippen LogP contribution in [0, 0.1) is 5.41 Å². The zero-order valence-electron chi connectivity index (χ0n) is 11.6. The van der Waals surface area contributed by atoms with E-state index in [0.29, 0.717) is 12.6 Å². The van der Waals surface area contributed by atoms with Gasteiger partial charge < -0.3 is 10.4 Å². The van der Waals surface area contributed by atoms with Crippen molar-refractivity contribution >= 4 is 0 Å². The summed E-state index contributed by atoms with van der Waals surface area (Å²) in [5.74, 6) is 0. The van der Waals surface area contributed by atoms with E-state index in [4.69, 9.17) is 5.11 Å². The van der Waals surface area contributed by atoms with Gasteiger partial charge in [-0.05, 0) is 42.2 Å². The quantitative estimate of drug-likeness (QED) is 0.809. The Morgan fingerprint density at radius 1 is 1.33 bits per heavy atom. The average molecular weight is 247 g/mol. The molecule has 0 amide bonds. The summed E-state index contributed by atoms with van der Waals surface area (Å²) >= 11 is 0. The first-order chi connectivity index (χ1) is 8.62. The molecule has 1 aliphatic carbocycles. The van der Waals surface area contributed by atoms with Gasteiger partial charge in [-0.3, -0.25) is 0 Å². The average Bonchev–Trinajstić information content (AvgIpc) is 2.78. The van der Waals surface area contributed by atoms with Gasteiger partial charge in [0.25, 0.3) is 0 Å². The predicted molar refractivity (Wildman–Crippen MR) is 75.6 cm³/mol. The molecule has 0 radical (unpaired) electrons. The van der Waals surface area contributed by atoms with E-state index in [1.54, 1.807) is 0 Å². The molecular weight excluding hydrogens is 222 g/mol. The first-order valence-electron chi connectivity index (χ1n) is 7.04. The van der Waals surface area contributed by atoms with Crippen molar-refractivity contribution in [3.8, 4) is 0 Å². The van der Waals surface area contributed by atoms with Crippen LogP contribution in [0.25, 0.3) is 0 Å². The standard InChI is InChI=1S/C16H25NO/c1-16(2,10-5-11-18)12-17-15-9-8-13-6-3-4-7-14(13)15/h3-4,6-7,15,17-18H,5,8-12H2,1-2H3. The van der Waals surface area contributed by atoms with Crippen LogP contribution < -0.4 is 5.32 Å². The second kappa shape index (κ2) is 5.85. The molecule has 0 aliphatic heterocycles. The molecule has 2 rings (SSSR count). The van der Waals surface area contributed by atoms with Gasteiger partial charge in [-0.25, -0.2) is 0 Å². The molecular formula is C16H25NO. The third kappa shape index (κ3) is 3.33. The second-order valence-electron chi connectivity index (χ2n) is 6.16. The van der Waals surface area contributed by atoms with Crippen LogP contribution in [0.1, 0.15) is 50.3 Å². The fourth-order valence-electron chi connectivity index (χ4n) is 2.81. The topological polar surface area (TPSA) is 32.3 Å². The van der Waals surface area contributed by atoms with Gasteiger partial charge in [0.1, 0.15) is 0 Å². The molecule has 2 nitrogen and oxygen atoms in total. The molecule has 0 saturated heterocycles. The number of rotatable bonds is 6. The highest BCUT2D eigenvalue weighted by Crippen LogP contribution is 2.32. The van der Waals surface area contributed by atoms with Crippen molar-refractivity contribution in [2.75, 3.05) is 13.2 Å². The van der Waals surface area contributed by atoms with Gasteiger partial charge in [0, 0.05) is 19.2 Å². The Balaban J connectivity index is 1.88. The minimum atomic E-state index is 0.264. The molecule has 100 valence electrons. The summed E-state index contributed by atoms with van der Waals surface area (Å²) in [6.45, 7) is 5.87. The number of aryl methyl sites for hydroxylation is 1. The molecule has 18 heavy (non-hydrogen) atoms. The molecule has 2 heteroatoms. The van der Waals surface area contributed by atoms with Crippen LogP contribution in [0.5, 0.6) is 0 Å². The van der Waals surface area contributed by atoms with Crippen LogP contribution in [-0.4, -0.2) is 18.3 Å². The Labute approximate surface area is 110 Å². The molecule has 0 spiro atoms. The maximum atomic E-state index is 8.92. The van der Waals surface area contributed by atoms with Crippen molar-refractivity contribution in [1.82, 2.24) is 5.32 Å². The molecule has 1 atom stereocenters. The zero-order valence-corrected chi connectivity index (χ0v) is 11.6. The first kappa shape index (κ1) is 13.6. The van der Waals surface area contributed by atoms with Gasteiger partial charge in [0.2, 0.25) is 0 Å². The van der Waals surface area contributed by atoms with Gasteiger partial charge in [0.15, 0.2) is 0 Å². The van der Waals surface area contributed by atoms with Crippen LogP contribution in [-0.2, 0) is 6.42 Å². The van der Waals surface area contributed by atoms with Crippen LogP contribution in [0.4, 0.5) is 0 Å². The number of hydrogen-bond donors (Lipinski definition) is 2. The monoisotopic (exact) mass is 247 g/mol. The zero-order chi connectivity index (χ0) is 13.0. The number of aliphatic hydroxyl groups is 1. The minimum absolute atomic E-state index is 0.264. The summed E-state index contributed by atoms with van der Waals surface area (Å²) in [6.07, 6.45) is 4.39. The van der Waals surface area contributed by atoms with E-state index in [9.17, 15) is 0 Å². The lowest BCUT2D eigenvalue weighted by Crippen LogP contribution is -2.31. The van der Waals surface area contributed by atoms with Crippen molar-refractivity contribution < 1.29 is 5.11 Å². The van der Waals surface area contributed by atoms with Gasteiger partial charge >= 0.3 is 0 Å². The SMILES string of the molecule is CC(C)(CCCO)CNC1CCc2ccccc21. The van der Waals surface area contributed by atoms with E-state index in [-0.39, 0.29) is 5.41 Å². The molecule has 0 saturated carbocycles. The largest absolute Gasteiger partial charge is 0.396 e. The summed E-state index contributed by atoms with van der Waals surface area (Å²) in [4.78, 5) is 0. The lowest BCUT2D eigenvalue weighted by molar-refractivity contribution is 0.231. The number of nitrogens with one attached hydrogen (secondary N) is 1. The van der Waals surface area contributed by atoms with Gasteiger partial charge in [-0.1, -0.05) is 38.1 Å². The Kier molecular flexibility index (Phi) is 4.41. The van der Waals surface area contributed by atoms with Crippen molar-refractivity contribution in [2.45, 2.75) is 45.6 Å². The summed E-state index contributed by atoms with van der Waals surface area (Å²) in [5, 5.41) is 12.6. The number of hydrogen-bond acceptors (Lipinski definition) is 2. The fraction of sp³-hybridized carbons (Fsp3) is 0.625. The lowest BCUT2D eigenvalue weighted by atomic mass is 9.87. The summed E-state index contributed by atoms with van der Waals surface area (Å²) < 4.78 is 0. The molecule has 2 N–H and O–H groups in total. The molecule has 0 heterocycles. The van der Waals surface area contributed by atoms with E-state index in [1.807, 2.05) is 0 Å². The molecule has 1 aliphatic rings. The van der Waals surface area contributed by atoms with E-state index in [0.717, 1.165) is 19.4 Å². The summed E-state index contributed by atoms with van der Waals surface area (Å²) in [6, 6.07) is 9.28. The minimum Gasteiger partial charge on any atom is -0.396 e. The molecule has 1 aromatic rings. The van der Waals surface area contributed by atoms with E-state index in [1.165, 1.54) is 24.0 Å². The predicted octanol–water partition coefficient (Wildman–Crippen LogP) is 3.06. The number of fused-ring (bicyclic) bond motifs is 1. The van der Waals surface area contributed by atoms with Crippen molar-refractivity contribution in [3.63, 3.8) is 0 Å². The molecule has 0 fully saturated rings. The van der Waals surface area contributed by atoms with Crippen LogP contribution in [0.3, 0.4) is 0 Å². The Morgan fingerprint density at radius 3 is 2.89 bits per heavy atom. The van der Waals surface area contributed by atoms with Gasteiger partial charge in [-0.2, -0.15) is 0 Å². The number of benzene rings is 1. The Morgan fingerprint density at radius 2 is 2.11 bits per heavy atom. The van der Waals surface area contributed by atoms with Crippen LogP contribution in [0.2, 0.25) is 0 Å². The highest BCUT2D eigenvalue weighted by atomic mass is 16.2. The summed E-state index contributed by atoms with van der Waals surface area (Å²) in [5.41, 5.74) is 3.25. The Hall–Kier alpha value is -0.860. The van der Waals surface area contributed by atoms with Gasteiger partial charge in [-0.15, -0.1) is 0 Å². The molecule has 1 unspecified atom stereocenters. The second-order valence-corrected chi connectivity index (χ2v) is 6.16. The van der Waals surface area contributed by atoms with Gasteiger partial charge in [0.05, 0.1) is 0 Å². The maximum Gasteiger partial charge on any atom is 0.0431 e. The fourth-order valence-corrected chi connectivity index (χ4v) is 2.81. The van der Waals surface area contributed by atoms with Crippen molar-refractivity contribution in [1.29, 1.82) is 0 Å². The third-order valence-electron chi connectivity index (χ3n) is 3.97. The highest BCUT2D eigenvalue weighted by molar-refractivity contribution is 5.34. The van der Waals surface area contributed by atoms with Crippen molar-refractivity contribution in [2.24, 2.45) is 5.41 Å². The molecule has 1 aromatic carbocycles. The summed E-state index contributed by atoms with van der Waals surface area (Å²) in [7, 11) is 0. The first-order valence-corrected chi connectivity index (χ1v) is 7.04. The highest BCUT2D eigenvalue weighted by Gasteiger charge is 2.24. The normalized spacial score (nSPS) is 18.9. The van der Waals surface area contributed by atoms with Crippen molar-refractivity contribution in [3.05, 3.63) is 35.4 Å². The third-order valence-corrected chi connectivity index (χ3v) is 3.97.